The summed E-state index contributed by atoms with van der Waals surface area (Å²) in [6, 6.07) is 10.6. The number of benzene rings is 2. The Balaban J connectivity index is 2.20. The Labute approximate surface area is 120 Å². The number of hydrogen-bond acceptors (Lipinski definition) is 3. The molecule has 0 aliphatic rings. The van der Waals surface area contributed by atoms with Gasteiger partial charge in [-0.2, -0.15) is 0 Å². The Hall–Kier alpha value is -2.82. The van der Waals surface area contributed by atoms with Gasteiger partial charge in [-0.25, -0.2) is 4.79 Å². The SMILES string of the molecule is CC(=O)OCc1cccc2[nH]c3cc(C(=O)O)ccc3c12. The van der Waals surface area contributed by atoms with E-state index in [9.17, 15) is 9.59 Å². The van der Waals surface area contributed by atoms with Gasteiger partial charge >= 0.3 is 11.9 Å². The van der Waals surface area contributed by atoms with Crippen LogP contribution in [0.2, 0.25) is 0 Å². The number of ether oxygens (including phenoxy) is 1. The van der Waals surface area contributed by atoms with Gasteiger partial charge in [0.05, 0.1) is 5.56 Å². The molecule has 0 unspecified atom stereocenters. The Bertz CT molecular complexity index is 863. The zero-order valence-corrected chi connectivity index (χ0v) is 11.3. The number of carboxylic acids is 1. The highest BCUT2D eigenvalue weighted by molar-refractivity contribution is 6.10. The van der Waals surface area contributed by atoms with Crippen molar-refractivity contribution in [1.82, 2.24) is 4.98 Å². The highest BCUT2D eigenvalue weighted by atomic mass is 16.5. The van der Waals surface area contributed by atoms with Crippen LogP contribution in [0.4, 0.5) is 0 Å². The number of aromatic nitrogens is 1. The molecular weight excluding hydrogens is 270 g/mol. The number of rotatable bonds is 3. The summed E-state index contributed by atoms with van der Waals surface area (Å²) < 4.78 is 5.07. The van der Waals surface area contributed by atoms with Crippen LogP contribution >= 0.6 is 0 Å². The molecule has 21 heavy (non-hydrogen) atoms. The average molecular weight is 283 g/mol. The second-order valence-corrected chi connectivity index (χ2v) is 4.81. The molecule has 0 saturated carbocycles. The van der Waals surface area contributed by atoms with Crippen molar-refractivity contribution in [3.05, 3.63) is 47.5 Å². The summed E-state index contributed by atoms with van der Waals surface area (Å²) in [7, 11) is 0. The van der Waals surface area contributed by atoms with Crippen LogP contribution in [0, 0.1) is 0 Å². The number of nitrogens with one attached hydrogen (secondary N) is 1. The molecule has 0 atom stereocenters. The predicted octanol–water partition coefficient (Wildman–Crippen LogP) is 3.08. The lowest BCUT2D eigenvalue weighted by molar-refractivity contribution is -0.142. The van der Waals surface area contributed by atoms with Crippen LogP contribution in [0.5, 0.6) is 0 Å². The van der Waals surface area contributed by atoms with E-state index in [-0.39, 0.29) is 18.1 Å². The maximum absolute atomic E-state index is 11.0. The van der Waals surface area contributed by atoms with Gasteiger partial charge in [-0.15, -0.1) is 0 Å². The summed E-state index contributed by atoms with van der Waals surface area (Å²) in [5.74, 6) is -1.30. The first-order chi connectivity index (χ1) is 10.1. The van der Waals surface area contributed by atoms with Crippen molar-refractivity contribution in [2.24, 2.45) is 0 Å². The van der Waals surface area contributed by atoms with Crippen molar-refractivity contribution in [3.8, 4) is 0 Å². The number of carboxylic acid groups (broad SMARTS) is 1. The van der Waals surface area contributed by atoms with Crippen molar-refractivity contribution in [3.63, 3.8) is 0 Å². The Morgan fingerprint density at radius 3 is 2.71 bits per heavy atom. The van der Waals surface area contributed by atoms with E-state index in [1.807, 2.05) is 18.2 Å². The van der Waals surface area contributed by atoms with Gasteiger partial charge in [0.2, 0.25) is 0 Å². The summed E-state index contributed by atoms with van der Waals surface area (Å²) in [5.41, 5.74) is 2.75. The fourth-order valence-corrected chi connectivity index (χ4v) is 2.47. The molecule has 0 fully saturated rings. The molecule has 3 aromatic rings. The van der Waals surface area contributed by atoms with Crippen LogP contribution in [0.25, 0.3) is 21.8 Å². The molecular formula is C16H13NO4. The molecule has 106 valence electrons. The Morgan fingerprint density at radius 2 is 2.00 bits per heavy atom. The van der Waals surface area contributed by atoms with E-state index >= 15 is 0 Å². The monoisotopic (exact) mass is 283 g/mol. The minimum absolute atomic E-state index is 0.195. The van der Waals surface area contributed by atoms with Crippen molar-refractivity contribution in [2.75, 3.05) is 0 Å². The van der Waals surface area contributed by atoms with E-state index in [0.29, 0.717) is 0 Å². The van der Waals surface area contributed by atoms with E-state index in [0.717, 1.165) is 27.4 Å². The topological polar surface area (TPSA) is 79.4 Å². The molecule has 2 aromatic carbocycles. The van der Waals surface area contributed by atoms with Gasteiger partial charge in [0.15, 0.2) is 0 Å². The number of aromatic carboxylic acids is 1. The second-order valence-electron chi connectivity index (χ2n) is 4.81. The quantitative estimate of drug-likeness (QED) is 0.724. The summed E-state index contributed by atoms with van der Waals surface area (Å²) in [6.07, 6.45) is 0. The average Bonchev–Trinajstić information content (AvgIpc) is 2.82. The normalized spacial score (nSPS) is 10.9. The number of carbonyl (C=O) groups is 2. The first-order valence-electron chi connectivity index (χ1n) is 6.46. The van der Waals surface area contributed by atoms with Gasteiger partial charge < -0.3 is 14.8 Å². The van der Waals surface area contributed by atoms with Gasteiger partial charge in [-0.3, -0.25) is 4.79 Å². The van der Waals surface area contributed by atoms with Crippen molar-refractivity contribution < 1.29 is 19.4 Å². The molecule has 1 aromatic heterocycles. The minimum atomic E-state index is -0.962. The zero-order valence-electron chi connectivity index (χ0n) is 11.3. The molecule has 1 heterocycles. The number of H-pyrrole nitrogens is 1. The van der Waals surface area contributed by atoms with Crippen molar-refractivity contribution in [1.29, 1.82) is 0 Å². The van der Waals surface area contributed by atoms with Crippen LogP contribution < -0.4 is 0 Å². The molecule has 0 aliphatic heterocycles. The Kier molecular flexibility index (Phi) is 3.10. The van der Waals surface area contributed by atoms with Crippen LogP contribution in [0.3, 0.4) is 0 Å². The van der Waals surface area contributed by atoms with Gasteiger partial charge in [0, 0.05) is 28.7 Å². The summed E-state index contributed by atoms with van der Waals surface area (Å²) in [6.45, 7) is 1.56. The fraction of sp³-hybridized carbons (Fsp3) is 0.125. The largest absolute Gasteiger partial charge is 0.478 e. The van der Waals surface area contributed by atoms with Crippen molar-refractivity contribution >= 4 is 33.7 Å². The molecule has 2 N–H and O–H groups in total. The first kappa shape index (κ1) is 13.2. The van der Waals surface area contributed by atoms with Crippen molar-refractivity contribution in [2.45, 2.75) is 13.5 Å². The van der Waals surface area contributed by atoms with Gasteiger partial charge in [0.25, 0.3) is 0 Å². The summed E-state index contributed by atoms with van der Waals surface area (Å²) in [4.78, 5) is 25.2. The zero-order chi connectivity index (χ0) is 15.0. The third-order valence-electron chi connectivity index (χ3n) is 3.39. The van der Waals surface area contributed by atoms with E-state index in [4.69, 9.17) is 9.84 Å². The van der Waals surface area contributed by atoms with Gasteiger partial charge in [-0.05, 0) is 23.8 Å². The predicted molar refractivity (Wildman–Crippen MR) is 78.2 cm³/mol. The summed E-state index contributed by atoms with van der Waals surface area (Å²) in [5, 5.41) is 10.9. The molecule has 0 radical (unpaired) electrons. The molecule has 5 heteroatoms. The van der Waals surface area contributed by atoms with E-state index in [2.05, 4.69) is 4.98 Å². The molecule has 0 saturated heterocycles. The minimum Gasteiger partial charge on any atom is -0.478 e. The highest BCUT2D eigenvalue weighted by Crippen LogP contribution is 2.29. The molecule has 0 spiro atoms. The number of esters is 1. The van der Waals surface area contributed by atoms with E-state index < -0.39 is 5.97 Å². The molecule has 5 nitrogen and oxygen atoms in total. The van der Waals surface area contributed by atoms with Gasteiger partial charge in [-0.1, -0.05) is 18.2 Å². The van der Waals surface area contributed by atoms with Crippen LogP contribution in [0.15, 0.2) is 36.4 Å². The first-order valence-corrected chi connectivity index (χ1v) is 6.46. The maximum Gasteiger partial charge on any atom is 0.335 e. The number of fused-ring (bicyclic) bond motifs is 3. The maximum atomic E-state index is 11.0. The lowest BCUT2D eigenvalue weighted by Crippen LogP contribution is -1.99. The molecule has 0 aliphatic carbocycles. The van der Waals surface area contributed by atoms with E-state index in [1.165, 1.54) is 6.92 Å². The molecule has 0 bridgehead atoms. The van der Waals surface area contributed by atoms with Crippen LogP contribution in [-0.2, 0) is 16.1 Å². The van der Waals surface area contributed by atoms with Crippen LogP contribution in [0.1, 0.15) is 22.8 Å². The number of hydrogen-bond donors (Lipinski definition) is 2. The number of carbonyl (C=O) groups excluding carboxylic acids is 1. The summed E-state index contributed by atoms with van der Waals surface area (Å²) >= 11 is 0. The third kappa shape index (κ3) is 2.33. The number of aromatic amines is 1. The Morgan fingerprint density at radius 1 is 1.19 bits per heavy atom. The smallest absolute Gasteiger partial charge is 0.335 e. The van der Waals surface area contributed by atoms with Crippen LogP contribution in [-0.4, -0.2) is 22.0 Å². The third-order valence-corrected chi connectivity index (χ3v) is 3.39. The lowest BCUT2D eigenvalue weighted by Gasteiger charge is -2.04. The van der Waals surface area contributed by atoms with Gasteiger partial charge in [0.1, 0.15) is 6.61 Å². The molecule has 3 rings (SSSR count). The highest BCUT2D eigenvalue weighted by Gasteiger charge is 2.11. The lowest BCUT2D eigenvalue weighted by atomic mass is 10.1. The molecule has 0 amide bonds. The standard InChI is InChI=1S/C16H13NO4/c1-9(18)21-8-11-3-2-4-13-15(11)12-6-5-10(16(19)20)7-14(12)17-13/h2-7,17H,8H2,1H3,(H,19,20). The fourth-order valence-electron chi connectivity index (χ4n) is 2.47. The second kappa shape index (κ2) is 4.94. The van der Waals surface area contributed by atoms with E-state index in [1.54, 1.807) is 18.2 Å².